The molecule has 2 nitrogen and oxygen atoms in total. The topological polar surface area (TPSA) is 29.5 Å². The molecule has 108 valence electrons. The molecule has 2 aromatic rings. The van der Waals surface area contributed by atoms with Crippen LogP contribution in [-0.4, -0.2) is 11.7 Å². The van der Waals surface area contributed by atoms with Gasteiger partial charge in [-0.2, -0.15) is 0 Å². The van der Waals surface area contributed by atoms with Crippen molar-refractivity contribution in [1.82, 2.24) is 0 Å². The van der Waals surface area contributed by atoms with Crippen molar-refractivity contribution in [2.45, 2.75) is 20.0 Å². The smallest absolute Gasteiger partial charge is 0.123 e. The summed E-state index contributed by atoms with van der Waals surface area (Å²) in [6.45, 7) is 2.30. The molecule has 0 spiro atoms. The maximum Gasteiger partial charge on any atom is 0.123 e. The van der Waals surface area contributed by atoms with E-state index in [1.54, 1.807) is 6.07 Å². The summed E-state index contributed by atoms with van der Waals surface area (Å²) < 4.78 is 18.9. The monoisotopic (exact) mass is 284 g/mol. The molecule has 0 heterocycles. The van der Waals surface area contributed by atoms with Crippen molar-refractivity contribution in [3.8, 4) is 17.6 Å². The lowest BCUT2D eigenvalue weighted by Crippen LogP contribution is -1.98. The summed E-state index contributed by atoms with van der Waals surface area (Å²) in [4.78, 5) is 0. The fraction of sp³-hybridized carbons (Fsp3) is 0.222. The molecule has 0 saturated carbocycles. The number of hydrogen-bond donors (Lipinski definition) is 1. The van der Waals surface area contributed by atoms with E-state index in [0.29, 0.717) is 18.8 Å². The summed E-state index contributed by atoms with van der Waals surface area (Å²) >= 11 is 0. The first kappa shape index (κ1) is 15.1. The fourth-order valence-corrected chi connectivity index (χ4v) is 1.84. The zero-order valence-electron chi connectivity index (χ0n) is 11.9. The molecule has 0 aromatic heterocycles. The van der Waals surface area contributed by atoms with Crippen LogP contribution in [0.2, 0.25) is 0 Å². The van der Waals surface area contributed by atoms with Gasteiger partial charge in [0, 0.05) is 12.0 Å². The molecular formula is C18H17FO2. The van der Waals surface area contributed by atoms with Crippen molar-refractivity contribution in [2.75, 3.05) is 6.61 Å². The molecule has 0 atom stereocenters. The first-order valence-electron chi connectivity index (χ1n) is 6.76. The maximum atomic E-state index is 13.2. The molecular weight excluding hydrogens is 267 g/mol. The number of ether oxygens (including phenoxy) is 1. The van der Waals surface area contributed by atoms with Crippen LogP contribution in [0, 0.1) is 24.6 Å². The molecule has 0 saturated heterocycles. The highest BCUT2D eigenvalue weighted by molar-refractivity contribution is 5.40. The first-order chi connectivity index (χ1) is 10.2. The lowest BCUT2D eigenvalue weighted by molar-refractivity contribution is 0.304. The van der Waals surface area contributed by atoms with Gasteiger partial charge in [0.05, 0.1) is 6.61 Å². The Labute approximate surface area is 124 Å². The van der Waals surface area contributed by atoms with Gasteiger partial charge in [0.1, 0.15) is 18.2 Å². The zero-order chi connectivity index (χ0) is 15.1. The van der Waals surface area contributed by atoms with Crippen LogP contribution in [0.5, 0.6) is 5.75 Å². The molecule has 0 unspecified atom stereocenters. The van der Waals surface area contributed by atoms with Gasteiger partial charge in [0.25, 0.3) is 0 Å². The molecule has 21 heavy (non-hydrogen) atoms. The molecule has 0 aliphatic heterocycles. The number of rotatable bonds is 4. The Balaban J connectivity index is 2.05. The largest absolute Gasteiger partial charge is 0.489 e. The minimum absolute atomic E-state index is 0.0576. The maximum absolute atomic E-state index is 13.2. The standard InChI is InChI=1S/C18H17FO2/c1-14-8-9-17(19)12-16(14)13-21-18-7-4-6-15(11-18)5-2-3-10-20/h4,6-9,11-12,20H,3,10,13H2,1H3. The van der Waals surface area contributed by atoms with E-state index in [2.05, 4.69) is 11.8 Å². The van der Waals surface area contributed by atoms with E-state index in [0.717, 1.165) is 16.7 Å². The van der Waals surface area contributed by atoms with Gasteiger partial charge in [0.15, 0.2) is 0 Å². The van der Waals surface area contributed by atoms with Crippen LogP contribution in [-0.2, 0) is 6.61 Å². The van der Waals surface area contributed by atoms with E-state index >= 15 is 0 Å². The first-order valence-corrected chi connectivity index (χ1v) is 6.76. The second-order valence-corrected chi connectivity index (χ2v) is 4.66. The van der Waals surface area contributed by atoms with Gasteiger partial charge in [-0.1, -0.05) is 24.0 Å². The number of hydrogen-bond acceptors (Lipinski definition) is 2. The van der Waals surface area contributed by atoms with Crippen LogP contribution < -0.4 is 4.74 Å². The highest BCUT2D eigenvalue weighted by Crippen LogP contribution is 2.17. The van der Waals surface area contributed by atoms with Crippen molar-refractivity contribution in [1.29, 1.82) is 0 Å². The Hall–Kier alpha value is -2.31. The summed E-state index contributed by atoms with van der Waals surface area (Å²) in [6, 6.07) is 12.1. The minimum atomic E-state index is -0.261. The van der Waals surface area contributed by atoms with E-state index in [1.807, 2.05) is 31.2 Å². The van der Waals surface area contributed by atoms with Crippen molar-refractivity contribution in [2.24, 2.45) is 0 Å². The summed E-state index contributed by atoms with van der Waals surface area (Å²) in [5.41, 5.74) is 2.65. The van der Waals surface area contributed by atoms with E-state index in [9.17, 15) is 4.39 Å². The van der Waals surface area contributed by atoms with E-state index in [-0.39, 0.29) is 12.4 Å². The second kappa shape index (κ2) is 7.47. The van der Waals surface area contributed by atoms with Crippen LogP contribution in [0.4, 0.5) is 4.39 Å². The zero-order valence-corrected chi connectivity index (χ0v) is 11.9. The summed E-state index contributed by atoms with van der Waals surface area (Å²) in [7, 11) is 0. The second-order valence-electron chi connectivity index (χ2n) is 4.66. The quantitative estimate of drug-likeness (QED) is 0.871. The van der Waals surface area contributed by atoms with Gasteiger partial charge in [-0.15, -0.1) is 0 Å². The summed E-state index contributed by atoms with van der Waals surface area (Å²) in [6.07, 6.45) is 0.452. The van der Waals surface area contributed by atoms with Crippen LogP contribution >= 0.6 is 0 Å². The van der Waals surface area contributed by atoms with Gasteiger partial charge in [-0.3, -0.25) is 0 Å². The third-order valence-corrected chi connectivity index (χ3v) is 3.01. The van der Waals surface area contributed by atoms with Gasteiger partial charge < -0.3 is 9.84 Å². The van der Waals surface area contributed by atoms with E-state index in [4.69, 9.17) is 9.84 Å². The Morgan fingerprint density at radius 3 is 2.86 bits per heavy atom. The SMILES string of the molecule is Cc1ccc(F)cc1COc1cccc(C#CCCO)c1. The van der Waals surface area contributed by atoms with Crippen molar-refractivity contribution < 1.29 is 14.2 Å². The highest BCUT2D eigenvalue weighted by atomic mass is 19.1. The number of aliphatic hydroxyl groups excluding tert-OH is 1. The third-order valence-electron chi connectivity index (χ3n) is 3.01. The lowest BCUT2D eigenvalue weighted by Gasteiger charge is -2.09. The third kappa shape index (κ3) is 4.62. The number of halogens is 1. The van der Waals surface area contributed by atoms with E-state index in [1.165, 1.54) is 12.1 Å². The van der Waals surface area contributed by atoms with Crippen LogP contribution in [0.1, 0.15) is 23.1 Å². The summed E-state index contributed by atoms with van der Waals surface area (Å²) in [5, 5.41) is 8.70. The van der Waals surface area contributed by atoms with Crippen LogP contribution in [0.3, 0.4) is 0 Å². The average molecular weight is 284 g/mol. The fourth-order valence-electron chi connectivity index (χ4n) is 1.84. The van der Waals surface area contributed by atoms with Crippen molar-refractivity contribution in [3.05, 3.63) is 65.0 Å². The highest BCUT2D eigenvalue weighted by Gasteiger charge is 2.02. The summed E-state index contributed by atoms with van der Waals surface area (Å²) in [5.74, 6) is 6.25. The van der Waals surface area contributed by atoms with Crippen LogP contribution in [0.15, 0.2) is 42.5 Å². The van der Waals surface area contributed by atoms with Gasteiger partial charge >= 0.3 is 0 Å². The number of aryl methyl sites for hydroxylation is 1. The lowest BCUT2D eigenvalue weighted by atomic mass is 10.1. The molecule has 3 heteroatoms. The molecule has 1 N–H and O–H groups in total. The molecule has 0 aliphatic carbocycles. The molecule has 0 radical (unpaired) electrons. The Kier molecular flexibility index (Phi) is 5.36. The predicted octanol–water partition coefficient (Wildman–Crippen LogP) is 3.45. The Morgan fingerprint density at radius 2 is 2.05 bits per heavy atom. The Bertz CT molecular complexity index is 668. The van der Waals surface area contributed by atoms with E-state index < -0.39 is 0 Å². The van der Waals surface area contributed by atoms with Crippen LogP contribution in [0.25, 0.3) is 0 Å². The van der Waals surface area contributed by atoms with Gasteiger partial charge in [0.2, 0.25) is 0 Å². The predicted molar refractivity (Wildman–Crippen MR) is 80.5 cm³/mol. The molecule has 2 aromatic carbocycles. The number of benzene rings is 2. The molecule has 0 amide bonds. The van der Waals surface area contributed by atoms with Crippen molar-refractivity contribution in [3.63, 3.8) is 0 Å². The average Bonchev–Trinajstić information content (AvgIpc) is 2.49. The van der Waals surface area contributed by atoms with Gasteiger partial charge in [-0.25, -0.2) is 4.39 Å². The molecule has 0 bridgehead atoms. The normalized spacial score (nSPS) is 9.86. The van der Waals surface area contributed by atoms with Crippen molar-refractivity contribution >= 4 is 0 Å². The minimum Gasteiger partial charge on any atom is -0.489 e. The molecule has 2 rings (SSSR count). The molecule has 0 aliphatic rings. The van der Waals surface area contributed by atoms with Gasteiger partial charge in [-0.05, 0) is 48.4 Å². The Morgan fingerprint density at radius 1 is 1.19 bits per heavy atom. The number of aliphatic hydroxyl groups is 1. The molecule has 0 fully saturated rings.